The summed E-state index contributed by atoms with van der Waals surface area (Å²) in [5.41, 5.74) is 5.58. The number of anilines is 1. The molecule has 0 heterocycles. The fraction of sp³-hybridized carbons (Fsp3) is 0.533. The number of ether oxygens (including phenoxy) is 1. The Kier molecular flexibility index (Phi) is 5.21. The van der Waals surface area contributed by atoms with Crippen LogP contribution in [0.1, 0.15) is 33.6 Å². The van der Waals surface area contributed by atoms with E-state index in [0.717, 1.165) is 12.1 Å². The lowest BCUT2D eigenvalue weighted by Gasteiger charge is -2.30. The molecule has 4 heteroatoms. The molecule has 1 amide bonds. The molecule has 1 aromatic carbocycles. The van der Waals surface area contributed by atoms with Crippen molar-refractivity contribution in [2.75, 3.05) is 12.4 Å². The van der Waals surface area contributed by atoms with E-state index < -0.39 is 5.54 Å². The largest absolute Gasteiger partial charge is 0.495 e. The van der Waals surface area contributed by atoms with Crippen LogP contribution in [0, 0.1) is 5.92 Å². The Balaban J connectivity index is 2.91. The molecule has 0 bridgehead atoms. The average Bonchev–Trinajstić information content (AvgIpc) is 2.37. The number of nitrogens with one attached hydrogen (secondary N) is 1. The molecule has 0 aromatic heterocycles. The molecule has 19 heavy (non-hydrogen) atoms. The van der Waals surface area contributed by atoms with E-state index in [-0.39, 0.29) is 5.91 Å². The number of benzene rings is 1. The summed E-state index contributed by atoms with van der Waals surface area (Å²) in [4.78, 5) is 11.8. The first-order valence-electron chi connectivity index (χ1n) is 6.60. The molecule has 0 aliphatic rings. The maximum Gasteiger partial charge on any atom is 0.242 e. The molecule has 106 valence electrons. The first-order valence-corrected chi connectivity index (χ1v) is 6.60. The Bertz CT molecular complexity index is 432. The molecule has 3 N–H and O–H groups in total. The van der Waals surface area contributed by atoms with Crippen LogP contribution < -0.4 is 15.8 Å². The highest BCUT2D eigenvalue weighted by molar-refractivity contribution is 5.88. The quantitative estimate of drug-likeness (QED) is 0.796. The van der Waals surface area contributed by atoms with Crippen LogP contribution in [0.15, 0.2) is 24.3 Å². The van der Waals surface area contributed by atoms with Crippen molar-refractivity contribution < 1.29 is 9.53 Å². The summed E-state index contributed by atoms with van der Waals surface area (Å²) in [7, 11) is 1.61. The van der Waals surface area contributed by atoms with Gasteiger partial charge in [0, 0.05) is 0 Å². The van der Waals surface area contributed by atoms with Gasteiger partial charge in [-0.05, 0) is 37.8 Å². The Morgan fingerprint density at radius 1 is 1.42 bits per heavy atom. The SMILES string of the molecule is COc1ccccc1NC(C)(CCC(C)C)C(N)=O. The summed E-state index contributed by atoms with van der Waals surface area (Å²) < 4.78 is 5.28. The van der Waals surface area contributed by atoms with Gasteiger partial charge in [-0.1, -0.05) is 26.0 Å². The summed E-state index contributed by atoms with van der Waals surface area (Å²) in [6.07, 6.45) is 1.62. The minimum Gasteiger partial charge on any atom is -0.495 e. The first-order chi connectivity index (χ1) is 8.89. The van der Waals surface area contributed by atoms with Crippen LogP contribution in [-0.4, -0.2) is 18.6 Å². The van der Waals surface area contributed by atoms with Crippen LogP contribution >= 0.6 is 0 Å². The van der Waals surface area contributed by atoms with Crippen molar-refractivity contribution in [2.45, 2.75) is 39.2 Å². The van der Waals surface area contributed by atoms with Gasteiger partial charge < -0.3 is 15.8 Å². The highest BCUT2D eigenvalue weighted by Crippen LogP contribution is 2.29. The van der Waals surface area contributed by atoms with Crippen molar-refractivity contribution in [3.8, 4) is 5.75 Å². The Hall–Kier alpha value is -1.71. The number of para-hydroxylation sites is 2. The number of hydrogen-bond acceptors (Lipinski definition) is 3. The molecule has 0 spiro atoms. The molecule has 0 radical (unpaired) electrons. The summed E-state index contributed by atoms with van der Waals surface area (Å²) in [6, 6.07) is 7.52. The maximum atomic E-state index is 11.8. The minimum absolute atomic E-state index is 0.348. The minimum atomic E-state index is -0.765. The molecule has 1 atom stereocenters. The molecule has 1 unspecified atom stereocenters. The van der Waals surface area contributed by atoms with Gasteiger partial charge >= 0.3 is 0 Å². The van der Waals surface area contributed by atoms with E-state index >= 15 is 0 Å². The van der Waals surface area contributed by atoms with Gasteiger partial charge in [0.2, 0.25) is 5.91 Å². The lowest BCUT2D eigenvalue weighted by Crippen LogP contribution is -2.48. The molecule has 0 saturated heterocycles. The Labute approximate surface area is 115 Å². The van der Waals surface area contributed by atoms with Crippen molar-refractivity contribution in [1.29, 1.82) is 0 Å². The fourth-order valence-corrected chi connectivity index (χ4v) is 1.87. The van der Waals surface area contributed by atoms with E-state index in [1.807, 2.05) is 31.2 Å². The number of primary amides is 1. The third-order valence-corrected chi connectivity index (χ3v) is 3.28. The van der Waals surface area contributed by atoms with E-state index in [0.29, 0.717) is 18.1 Å². The second-order valence-corrected chi connectivity index (χ2v) is 5.45. The fourth-order valence-electron chi connectivity index (χ4n) is 1.87. The number of rotatable bonds is 7. The van der Waals surface area contributed by atoms with E-state index in [2.05, 4.69) is 19.2 Å². The molecular weight excluding hydrogens is 240 g/mol. The summed E-state index contributed by atoms with van der Waals surface area (Å²) in [6.45, 7) is 6.10. The molecular formula is C15H24N2O2. The van der Waals surface area contributed by atoms with Gasteiger partial charge in [-0.2, -0.15) is 0 Å². The van der Waals surface area contributed by atoms with Crippen molar-refractivity contribution in [2.24, 2.45) is 11.7 Å². The summed E-state index contributed by atoms with van der Waals surface area (Å²) in [5, 5.41) is 3.23. The molecule has 0 aliphatic heterocycles. The normalized spacial score (nSPS) is 13.9. The topological polar surface area (TPSA) is 64.3 Å². The highest BCUT2D eigenvalue weighted by Gasteiger charge is 2.31. The van der Waals surface area contributed by atoms with Crippen LogP contribution in [0.4, 0.5) is 5.69 Å². The van der Waals surface area contributed by atoms with Gasteiger partial charge in [0.05, 0.1) is 12.8 Å². The second-order valence-electron chi connectivity index (χ2n) is 5.45. The van der Waals surface area contributed by atoms with Gasteiger partial charge in [-0.3, -0.25) is 4.79 Å². The molecule has 0 fully saturated rings. The highest BCUT2D eigenvalue weighted by atomic mass is 16.5. The number of hydrogen-bond donors (Lipinski definition) is 2. The van der Waals surface area contributed by atoms with Gasteiger partial charge in [0.25, 0.3) is 0 Å². The van der Waals surface area contributed by atoms with Crippen LogP contribution in [0.5, 0.6) is 5.75 Å². The number of nitrogens with two attached hydrogens (primary N) is 1. The zero-order valence-electron chi connectivity index (χ0n) is 12.2. The number of methoxy groups -OCH3 is 1. The standard InChI is InChI=1S/C15H24N2O2/c1-11(2)9-10-15(3,14(16)18)17-12-7-5-6-8-13(12)19-4/h5-8,11,17H,9-10H2,1-4H3,(H2,16,18). The van der Waals surface area contributed by atoms with Crippen LogP contribution in [0.25, 0.3) is 0 Å². The Morgan fingerprint density at radius 2 is 2.05 bits per heavy atom. The molecule has 0 aliphatic carbocycles. The predicted molar refractivity (Wildman–Crippen MR) is 78.3 cm³/mol. The maximum absolute atomic E-state index is 11.8. The molecule has 1 rings (SSSR count). The summed E-state index contributed by atoms with van der Waals surface area (Å²) in [5.74, 6) is 0.886. The van der Waals surface area contributed by atoms with Gasteiger partial charge in [0.15, 0.2) is 0 Å². The number of amides is 1. The van der Waals surface area contributed by atoms with Crippen molar-refractivity contribution in [1.82, 2.24) is 0 Å². The second kappa shape index (κ2) is 6.45. The van der Waals surface area contributed by atoms with Gasteiger partial charge in [-0.25, -0.2) is 0 Å². The van der Waals surface area contributed by atoms with Crippen molar-refractivity contribution in [3.05, 3.63) is 24.3 Å². The average molecular weight is 264 g/mol. The molecule has 4 nitrogen and oxygen atoms in total. The van der Waals surface area contributed by atoms with E-state index in [1.54, 1.807) is 7.11 Å². The van der Waals surface area contributed by atoms with Crippen LogP contribution in [0.3, 0.4) is 0 Å². The zero-order valence-corrected chi connectivity index (χ0v) is 12.2. The smallest absolute Gasteiger partial charge is 0.242 e. The van der Waals surface area contributed by atoms with Crippen LogP contribution in [-0.2, 0) is 4.79 Å². The third-order valence-electron chi connectivity index (χ3n) is 3.28. The first kappa shape index (κ1) is 15.3. The molecule has 1 aromatic rings. The number of carbonyl (C=O) groups is 1. The zero-order chi connectivity index (χ0) is 14.5. The lowest BCUT2D eigenvalue weighted by atomic mass is 9.91. The third kappa shape index (κ3) is 4.16. The van der Waals surface area contributed by atoms with Crippen LogP contribution in [0.2, 0.25) is 0 Å². The number of carbonyl (C=O) groups excluding carboxylic acids is 1. The summed E-state index contributed by atoms with van der Waals surface area (Å²) >= 11 is 0. The Morgan fingerprint density at radius 3 is 2.58 bits per heavy atom. The lowest BCUT2D eigenvalue weighted by molar-refractivity contribution is -0.122. The van der Waals surface area contributed by atoms with Crippen molar-refractivity contribution >= 4 is 11.6 Å². The monoisotopic (exact) mass is 264 g/mol. The van der Waals surface area contributed by atoms with Gasteiger partial charge in [0.1, 0.15) is 11.3 Å². The van der Waals surface area contributed by atoms with E-state index in [1.165, 1.54) is 0 Å². The van der Waals surface area contributed by atoms with Gasteiger partial charge in [-0.15, -0.1) is 0 Å². The molecule has 0 saturated carbocycles. The van der Waals surface area contributed by atoms with Crippen molar-refractivity contribution in [3.63, 3.8) is 0 Å². The predicted octanol–water partition coefficient (Wildman–Crippen LogP) is 2.79. The van der Waals surface area contributed by atoms with E-state index in [4.69, 9.17) is 10.5 Å². The van der Waals surface area contributed by atoms with E-state index in [9.17, 15) is 4.79 Å².